The van der Waals surface area contributed by atoms with Crippen LogP contribution < -0.4 is 10.2 Å². The van der Waals surface area contributed by atoms with E-state index in [4.69, 9.17) is 27.6 Å². The standard InChI is InChI=1S/C15H28N2O8P2/c18-26(16-7-13-3-1-5-20-13)22-9-15(10-23-26)11-24-27(19,25-12-15)17-8-14-4-2-6-21-14/h13-14H,1-12H2,(H,16,18)(H,17,19). The summed E-state index contributed by atoms with van der Waals surface area (Å²) in [5.41, 5.74) is -0.612. The Hall–Kier alpha value is 0.140. The van der Waals surface area contributed by atoms with Crippen molar-refractivity contribution in [3.8, 4) is 0 Å². The minimum absolute atomic E-state index is 0.0426. The molecule has 4 fully saturated rings. The maximum absolute atomic E-state index is 12.6. The van der Waals surface area contributed by atoms with E-state index in [9.17, 15) is 9.13 Å². The van der Waals surface area contributed by atoms with E-state index >= 15 is 0 Å². The van der Waals surface area contributed by atoms with Crippen LogP contribution in [0.4, 0.5) is 0 Å². The molecule has 4 aliphatic rings. The molecule has 0 aliphatic carbocycles. The van der Waals surface area contributed by atoms with Crippen LogP contribution in [0.15, 0.2) is 0 Å². The van der Waals surface area contributed by atoms with Crippen LogP contribution in [0.2, 0.25) is 0 Å². The van der Waals surface area contributed by atoms with E-state index < -0.39 is 20.9 Å². The lowest BCUT2D eigenvalue weighted by molar-refractivity contribution is -0.0725. The Labute approximate surface area is 159 Å². The van der Waals surface area contributed by atoms with Crippen LogP contribution in [-0.2, 0) is 36.7 Å². The van der Waals surface area contributed by atoms with E-state index in [0.29, 0.717) is 13.1 Å². The predicted molar refractivity (Wildman–Crippen MR) is 95.4 cm³/mol. The van der Waals surface area contributed by atoms with Crippen LogP contribution >= 0.6 is 15.5 Å². The number of hydrogen-bond donors (Lipinski definition) is 2. The molecule has 0 aromatic carbocycles. The molecule has 4 heterocycles. The van der Waals surface area contributed by atoms with E-state index in [1.165, 1.54) is 0 Å². The second kappa shape index (κ2) is 8.48. The van der Waals surface area contributed by atoms with Crippen molar-refractivity contribution >= 4 is 15.5 Å². The molecule has 0 aromatic heterocycles. The Bertz CT molecular complexity index is 529. The van der Waals surface area contributed by atoms with Crippen molar-refractivity contribution < 1.29 is 36.7 Å². The fourth-order valence-electron chi connectivity index (χ4n) is 3.43. The predicted octanol–water partition coefficient (Wildman–Crippen LogP) is 1.82. The quantitative estimate of drug-likeness (QED) is 0.610. The maximum atomic E-state index is 12.6. The highest BCUT2D eigenvalue weighted by atomic mass is 31.2. The van der Waals surface area contributed by atoms with Gasteiger partial charge in [0.1, 0.15) is 0 Å². The lowest BCUT2D eigenvalue weighted by atomic mass is 9.93. The van der Waals surface area contributed by atoms with Gasteiger partial charge < -0.3 is 9.47 Å². The van der Waals surface area contributed by atoms with Gasteiger partial charge in [-0.3, -0.25) is 18.1 Å². The minimum Gasteiger partial charge on any atom is -0.377 e. The summed E-state index contributed by atoms with van der Waals surface area (Å²) < 4.78 is 58.3. The van der Waals surface area contributed by atoms with Gasteiger partial charge >= 0.3 is 15.5 Å². The summed E-state index contributed by atoms with van der Waals surface area (Å²) in [5, 5.41) is 5.71. The van der Waals surface area contributed by atoms with E-state index in [0.717, 1.165) is 38.9 Å². The second-order valence-corrected chi connectivity index (χ2v) is 11.2. The van der Waals surface area contributed by atoms with Gasteiger partial charge in [0.15, 0.2) is 0 Å². The van der Waals surface area contributed by atoms with E-state index in [2.05, 4.69) is 10.2 Å². The van der Waals surface area contributed by atoms with Gasteiger partial charge in [-0.1, -0.05) is 0 Å². The SMILES string of the molecule is O=P1(NCC2CCCO2)OCC2(CO1)COP(=O)(NCC1CCCO1)OC2. The molecular formula is C15H28N2O8P2. The van der Waals surface area contributed by atoms with Gasteiger partial charge in [-0.2, -0.15) is 0 Å². The van der Waals surface area contributed by atoms with Gasteiger partial charge in [0.25, 0.3) is 0 Å². The van der Waals surface area contributed by atoms with Gasteiger partial charge in [0.2, 0.25) is 0 Å². The lowest BCUT2D eigenvalue weighted by Crippen LogP contribution is -2.48. The van der Waals surface area contributed by atoms with Crippen molar-refractivity contribution in [1.82, 2.24) is 10.2 Å². The second-order valence-electron chi connectivity index (χ2n) is 7.58. The summed E-state index contributed by atoms with van der Waals surface area (Å²) in [5.74, 6) is 0. The Balaban J connectivity index is 1.22. The van der Waals surface area contributed by atoms with Crippen LogP contribution in [-0.4, -0.2) is 64.9 Å². The minimum atomic E-state index is -3.36. The highest BCUT2D eigenvalue weighted by Crippen LogP contribution is 2.56. The normalized spacial score (nSPS) is 45.5. The summed E-state index contributed by atoms with van der Waals surface area (Å²) >= 11 is 0. The van der Waals surface area contributed by atoms with Crippen LogP contribution in [0.25, 0.3) is 0 Å². The van der Waals surface area contributed by atoms with Gasteiger partial charge in [0.05, 0.1) is 44.1 Å². The van der Waals surface area contributed by atoms with Crippen molar-refractivity contribution in [2.24, 2.45) is 5.41 Å². The summed E-state index contributed by atoms with van der Waals surface area (Å²) in [4.78, 5) is 0. The molecule has 12 heteroatoms. The first-order valence-corrected chi connectivity index (χ1v) is 12.6. The molecule has 2 N–H and O–H groups in total. The van der Waals surface area contributed by atoms with Crippen molar-refractivity contribution in [3.05, 3.63) is 0 Å². The highest BCUT2D eigenvalue weighted by molar-refractivity contribution is 7.52. The third kappa shape index (κ3) is 5.20. The average molecular weight is 426 g/mol. The molecule has 2 unspecified atom stereocenters. The molecule has 27 heavy (non-hydrogen) atoms. The van der Waals surface area contributed by atoms with Crippen LogP contribution in [0.5, 0.6) is 0 Å². The fourth-order valence-corrected chi connectivity index (χ4v) is 6.58. The summed E-state index contributed by atoms with van der Waals surface area (Å²) in [6.45, 7) is 2.92. The first kappa shape index (κ1) is 20.4. The molecule has 4 rings (SSSR count). The Morgan fingerprint density at radius 2 is 1.15 bits per heavy atom. The summed E-state index contributed by atoms with van der Waals surface area (Å²) in [7, 11) is -6.72. The Kier molecular flexibility index (Phi) is 6.41. The fraction of sp³-hybridized carbons (Fsp3) is 1.00. The maximum Gasteiger partial charge on any atom is 0.405 e. The van der Waals surface area contributed by atoms with Crippen molar-refractivity contribution in [2.75, 3.05) is 52.7 Å². The summed E-state index contributed by atoms with van der Waals surface area (Å²) in [6.07, 6.45) is 3.98. The van der Waals surface area contributed by atoms with Gasteiger partial charge in [-0.25, -0.2) is 19.3 Å². The van der Waals surface area contributed by atoms with Crippen molar-refractivity contribution in [2.45, 2.75) is 37.9 Å². The lowest BCUT2D eigenvalue weighted by Gasteiger charge is -2.42. The molecule has 0 radical (unpaired) electrons. The first-order chi connectivity index (χ1) is 13.0. The van der Waals surface area contributed by atoms with E-state index in [1.807, 2.05) is 0 Å². The monoisotopic (exact) mass is 426 g/mol. The smallest absolute Gasteiger partial charge is 0.377 e. The number of rotatable bonds is 6. The molecule has 0 aromatic rings. The molecule has 0 amide bonds. The molecule has 2 atom stereocenters. The van der Waals surface area contributed by atoms with E-state index in [1.54, 1.807) is 0 Å². The Morgan fingerprint density at radius 3 is 1.48 bits per heavy atom. The van der Waals surface area contributed by atoms with Crippen LogP contribution in [0.1, 0.15) is 25.7 Å². The molecule has 4 saturated heterocycles. The van der Waals surface area contributed by atoms with Crippen molar-refractivity contribution in [3.63, 3.8) is 0 Å². The molecule has 0 saturated carbocycles. The molecule has 4 aliphatic heterocycles. The van der Waals surface area contributed by atoms with Gasteiger partial charge in [0, 0.05) is 26.3 Å². The van der Waals surface area contributed by atoms with Gasteiger partial charge in [-0.15, -0.1) is 0 Å². The van der Waals surface area contributed by atoms with Crippen molar-refractivity contribution in [1.29, 1.82) is 0 Å². The Morgan fingerprint density at radius 1 is 0.741 bits per heavy atom. The molecule has 156 valence electrons. The largest absolute Gasteiger partial charge is 0.405 e. The van der Waals surface area contributed by atoms with Gasteiger partial charge in [-0.05, 0) is 25.7 Å². The molecular weight excluding hydrogens is 398 g/mol. The number of hydrogen-bond acceptors (Lipinski definition) is 8. The van der Waals surface area contributed by atoms with E-state index in [-0.39, 0.29) is 38.6 Å². The third-order valence-electron chi connectivity index (χ3n) is 5.24. The third-order valence-corrected chi connectivity index (χ3v) is 8.25. The zero-order valence-electron chi connectivity index (χ0n) is 15.3. The number of ether oxygens (including phenoxy) is 2. The highest BCUT2D eigenvalue weighted by Gasteiger charge is 2.49. The molecule has 1 spiro atoms. The number of nitrogens with one attached hydrogen (secondary N) is 2. The van der Waals surface area contributed by atoms with Crippen LogP contribution in [0.3, 0.4) is 0 Å². The summed E-state index contributed by atoms with van der Waals surface area (Å²) in [6, 6.07) is 0. The first-order valence-electron chi connectivity index (χ1n) is 9.50. The zero-order valence-corrected chi connectivity index (χ0v) is 17.1. The topological polar surface area (TPSA) is 114 Å². The molecule has 0 bridgehead atoms. The molecule has 10 nitrogen and oxygen atoms in total. The zero-order chi connectivity index (χ0) is 18.8. The van der Waals surface area contributed by atoms with Crippen LogP contribution in [0, 0.1) is 5.41 Å². The average Bonchev–Trinajstić information content (AvgIpc) is 3.38.